The van der Waals surface area contributed by atoms with E-state index in [0.717, 1.165) is 30.7 Å². The van der Waals surface area contributed by atoms with E-state index in [1.807, 2.05) is 12.1 Å². The molecule has 2 heterocycles. The number of likely N-dealkylation sites (tertiary alicyclic amines) is 1. The second-order valence-corrected chi connectivity index (χ2v) is 5.01. The SMILES string of the molecule is CC1CCN(C(CN)c2ccco2)CC1C. The maximum absolute atomic E-state index is 5.87. The molecule has 1 aromatic heterocycles. The van der Waals surface area contributed by atoms with Crippen LogP contribution in [-0.4, -0.2) is 24.5 Å². The van der Waals surface area contributed by atoms with Gasteiger partial charge in [0.05, 0.1) is 12.3 Å². The van der Waals surface area contributed by atoms with Gasteiger partial charge in [-0.15, -0.1) is 0 Å². The molecule has 3 nitrogen and oxygen atoms in total. The Morgan fingerprint density at radius 2 is 2.31 bits per heavy atom. The van der Waals surface area contributed by atoms with E-state index in [0.29, 0.717) is 6.54 Å². The Labute approximate surface area is 97.6 Å². The molecule has 1 fully saturated rings. The van der Waals surface area contributed by atoms with E-state index in [1.54, 1.807) is 6.26 Å². The molecule has 0 bridgehead atoms. The minimum atomic E-state index is 0.255. The van der Waals surface area contributed by atoms with Gasteiger partial charge in [-0.2, -0.15) is 0 Å². The first kappa shape index (κ1) is 11.7. The zero-order valence-corrected chi connectivity index (χ0v) is 10.2. The van der Waals surface area contributed by atoms with Crippen molar-refractivity contribution >= 4 is 0 Å². The number of piperidine rings is 1. The zero-order chi connectivity index (χ0) is 11.5. The number of furan rings is 1. The van der Waals surface area contributed by atoms with Gasteiger partial charge >= 0.3 is 0 Å². The summed E-state index contributed by atoms with van der Waals surface area (Å²) in [6.45, 7) is 7.56. The molecular weight excluding hydrogens is 200 g/mol. The summed E-state index contributed by atoms with van der Waals surface area (Å²) in [7, 11) is 0. The van der Waals surface area contributed by atoms with Gasteiger partial charge in [-0.25, -0.2) is 0 Å². The fourth-order valence-electron chi connectivity index (χ4n) is 2.50. The highest BCUT2D eigenvalue weighted by Crippen LogP contribution is 2.29. The fourth-order valence-corrected chi connectivity index (χ4v) is 2.50. The van der Waals surface area contributed by atoms with E-state index >= 15 is 0 Å². The first-order chi connectivity index (χ1) is 7.72. The quantitative estimate of drug-likeness (QED) is 0.853. The number of nitrogens with zero attached hydrogens (tertiary/aromatic N) is 1. The van der Waals surface area contributed by atoms with Gasteiger partial charge in [0.2, 0.25) is 0 Å². The van der Waals surface area contributed by atoms with Crippen LogP contribution in [0.2, 0.25) is 0 Å². The van der Waals surface area contributed by atoms with Crippen molar-refractivity contribution in [3.63, 3.8) is 0 Å². The van der Waals surface area contributed by atoms with Crippen molar-refractivity contribution in [3.05, 3.63) is 24.2 Å². The summed E-state index contributed by atoms with van der Waals surface area (Å²) < 4.78 is 5.48. The van der Waals surface area contributed by atoms with Crippen LogP contribution in [-0.2, 0) is 0 Å². The van der Waals surface area contributed by atoms with Crippen molar-refractivity contribution < 1.29 is 4.42 Å². The lowest BCUT2D eigenvalue weighted by molar-refractivity contribution is 0.0882. The summed E-state index contributed by atoms with van der Waals surface area (Å²) in [4.78, 5) is 2.46. The monoisotopic (exact) mass is 222 g/mol. The number of rotatable bonds is 3. The second-order valence-electron chi connectivity index (χ2n) is 5.01. The van der Waals surface area contributed by atoms with E-state index in [-0.39, 0.29) is 6.04 Å². The molecule has 0 radical (unpaired) electrons. The van der Waals surface area contributed by atoms with E-state index in [9.17, 15) is 0 Å². The van der Waals surface area contributed by atoms with Gasteiger partial charge in [-0.05, 0) is 36.9 Å². The van der Waals surface area contributed by atoms with Gasteiger partial charge in [-0.3, -0.25) is 4.90 Å². The summed E-state index contributed by atoms with van der Waals surface area (Å²) in [6, 6.07) is 4.22. The summed E-state index contributed by atoms with van der Waals surface area (Å²) in [5, 5.41) is 0. The Morgan fingerprint density at radius 3 is 2.88 bits per heavy atom. The number of hydrogen-bond donors (Lipinski definition) is 1. The molecule has 3 unspecified atom stereocenters. The van der Waals surface area contributed by atoms with Crippen LogP contribution in [0.3, 0.4) is 0 Å². The van der Waals surface area contributed by atoms with E-state index in [4.69, 9.17) is 10.2 Å². The largest absolute Gasteiger partial charge is 0.468 e. The van der Waals surface area contributed by atoms with Crippen molar-refractivity contribution in [1.82, 2.24) is 4.90 Å². The Balaban J connectivity index is 2.05. The summed E-state index contributed by atoms with van der Waals surface area (Å²) in [5.41, 5.74) is 5.87. The highest BCUT2D eigenvalue weighted by atomic mass is 16.3. The van der Waals surface area contributed by atoms with Crippen molar-refractivity contribution in [2.45, 2.75) is 26.3 Å². The van der Waals surface area contributed by atoms with E-state index in [2.05, 4.69) is 18.7 Å². The molecule has 1 aliphatic rings. The molecule has 0 aliphatic carbocycles. The van der Waals surface area contributed by atoms with Crippen LogP contribution in [0.4, 0.5) is 0 Å². The molecule has 3 atom stereocenters. The Bertz CT molecular complexity index is 310. The van der Waals surface area contributed by atoms with Gasteiger partial charge in [0.15, 0.2) is 0 Å². The normalized spacial score (nSPS) is 29.2. The average molecular weight is 222 g/mol. The van der Waals surface area contributed by atoms with Gasteiger partial charge in [-0.1, -0.05) is 13.8 Å². The molecule has 1 aliphatic heterocycles. The van der Waals surface area contributed by atoms with Crippen LogP contribution < -0.4 is 5.73 Å². The lowest BCUT2D eigenvalue weighted by atomic mass is 9.88. The molecule has 2 N–H and O–H groups in total. The number of hydrogen-bond acceptors (Lipinski definition) is 3. The van der Waals surface area contributed by atoms with Gasteiger partial charge < -0.3 is 10.2 Å². The van der Waals surface area contributed by atoms with Crippen LogP contribution in [0, 0.1) is 11.8 Å². The Kier molecular flexibility index (Phi) is 3.66. The van der Waals surface area contributed by atoms with Crippen molar-refractivity contribution in [2.24, 2.45) is 17.6 Å². The first-order valence-corrected chi connectivity index (χ1v) is 6.20. The van der Waals surface area contributed by atoms with Crippen molar-refractivity contribution in [2.75, 3.05) is 19.6 Å². The molecule has 0 amide bonds. The highest BCUT2D eigenvalue weighted by Gasteiger charge is 2.28. The van der Waals surface area contributed by atoms with Gasteiger partial charge in [0.25, 0.3) is 0 Å². The minimum Gasteiger partial charge on any atom is -0.468 e. The lowest BCUT2D eigenvalue weighted by Gasteiger charge is -2.39. The van der Waals surface area contributed by atoms with Gasteiger partial charge in [0, 0.05) is 13.1 Å². The van der Waals surface area contributed by atoms with Crippen LogP contribution >= 0.6 is 0 Å². The van der Waals surface area contributed by atoms with Crippen molar-refractivity contribution in [3.8, 4) is 0 Å². The summed E-state index contributed by atoms with van der Waals surface area (Å²) >= 11 is 0. The molecule has 90 valence electrons. The van der Waals surface area contributed by atoms with Crippen LogP contribution in [0.15, 0.2) is 22.8 Å². The molecule has 16 heavy (non-hydrogen) atoms. The minimum absolute atomic E-state index is 0.255. The van der Waals surface area contributed by atoms with Crippen LogP contribution in [0.25, 0.3) is 0 Å². The lowest BCUT2D eigenvalue weighted by Crippen LogP contribution is -2.42. The Hall–Kier alpha value is -0.800. The van der Waals surface area contributed by atoms with E-state index < -0.39 is 0 Å². The molecule has 1 aromatic rings. The van der Waals surface area contributed by atoms with E-state index in [1.165, 1.54) is 6.42 Å². The third kappa shape index (κ3) is 2.30. The molecule has 0 saturated carbocycles. The number of nitrogens with two attached hydrogens (primary N) is 1. The first-order valence-electron chi connectivity index (χ1n) is 6.20. The van der Waals surface area contributed by atoms with Crippen LogP contribution in [0.5, 0.6) is 0 Å². The topological polar surface area (TPSA) is 42.4 Å². The molecule has 3 heteroatoms. The predicted octanol–water partition coefficient (Wildman–Crippen LogP) is 2.26. The maximum Gasteiger partial charge on any atom is 0.122 e. The highest BCUT2D eigenvalue weighted by molar-refractivity contribution is 5.06. The molecule has 0 aromatic carbocycles. The summed E-state index contributed by atoms with van der Waals surface area (Å²) in [5.74, 6) is 2.58. The predicted molar refractivity (Wildman–Crippen MR) is 65.0 cm³/mol. The molecule has 1 saturated heterocycles. The molecule has 0 spiro atoms. The smallest absolute Gasteiger partial charge is 0.122 e. The molecule has 2 rings (SSSR count). The van der Waals surface area contributed by atoms with Crippen molar-refractivity contribution in [1.29, 1.82) is 0 Å². The fraction of sp³-hybridized carbons (Fsp3) is 0.692. The average Bonchev–Trinajstić information content (AvgIpc) is 2.78. The third-order valence-corrected chi connectivity index (χ3v) is 3.90. The maximum atomic E-state index is 5.87. The Morgan fingerprint density at radius 1 is 1.50 bits per heavy atom. The third-order valence-electron chi connectivity index (χ3n) is 3.90. The standard InChI is InChI=1S/C13H22N2O/c1-10-5-6-15(9-11(10)2)12(8-14)13-4-3-7-16-13/h3-4,7,10-12H,5-6,8-9,14H2,1-2H3. The molecular formula is C13H22N2O. The second kappa shape index (κ2) is 5.02. The van der Waals surface area contributed by atoms with Gasteiger partial charge in [0.1, 0.15) is 5.76 Å². The van der Waals surface area contributed by atoms with Crippen LogP contribution in [0.1, 0.15) is 32.1 Å². The zero-order valence-electron chi connectivity index (χ0n) is 10.2. The summed E-state index contributed by atoms with van der Waals surface area (Å²) in [6.07, 6.45) is 2.99.